The molecule has 0 aromatic heterocycles. The third-order valence-electron chi connectivity index (χ3n) is 4.85. The lowest BCUT2D eigenvalue weighted by Crippen LogP contribution is -2.43. The van der Waals surface area contributed by atoms with Crippen LogP contribution in [0.15, 0.2) is 53.5 Å². The molecule has 0 saturated carbocycles. The summed E-state index contributed by atoms with van der Waals surface area (Å²) in [5, 5.41) is 3.44. The number of hydrogen-bond donors (Lipinski definition) is 1. The standard InChI is InChI=1S/C22H28N4O2.HI/c1-23-22(26-12-11-18-8-4-5-9-19(18)15-26)24-14-17-7-6-10-20(13-17)28-16-21(27)25(2)3;/h4-10,13H,11-12,14-16H2,1-3H3,(H,23,24);1H. The van der Waals surface area contributed by atoms with Crippen molar-refractivity contribution in [2.75, 3.05) is 34.3 Å². The number of fused-ring (bicyclic) bond motifs is 1. The van der Waals surface area contributed by atoms with Gasteiger partial charge in [-0.3, -0.25) is 9.79 Å². The lowest BCUT2D eigenvalue weighted by Gasteiger charge is -2.31. The van der Waals surface area contributed by atoms with Crippen molar-refractivity contribution < 1.29 is 9.53 Å². The van der Waals surface area contributed by atoms with Crippen LogP contribution in [0.25, 0.3) is 0 Å². The summed E-state index contributed by atoms with van der Waals surface area (Å²) in [6.07, 6.45) is 1.03. The van der Waals surface area contributed by atoms with E-state index in [1.807, 2.05) is 31.3 Å². The first-order valence-corrected chi connectivity index (χ1v) is 9.51. The van der Waals surface area contributed by atoms with Gasteiger partial charge in [-0.25, -0.2) is 0 Å². The number of aliphatic imine (C=N–C) groups is 1. The number of benzene rings is 2. The minimum Gasteiger partial charge on any atom is -0.484 e. The van der Waals surface area contributed by atoms with Gasteiger partial charge in [-0.05, 0) is 35.2 Å². The van der Waals surface area contributed by atoms with E-state index < -0.39 is 0 Å². The number of amides is 1. The zero-order valence-corrected chi connectivity index (χ0v) is 19.6. The molecule has 2 aromatic rings. The van der Waals surface area contributed by atoms with Gasteiger partial charge in [-0.1, -0.05) is 36.4 Å². The summed E-state index contributed by atoms with van der Waals surface area (Å²) < 4.78 is 5.60. The Morgan fingerprint density at radius 1 is 1.17 bits per heavy atom. The Hall–Kier alpha value is -2.29. The van der Waals surface area contributed by atoms with Gasteiger partial charge >= 0.3 is 0 Å². The van der Waals surface area contributed by atoms with Crippen molar-refractivity contribution in [3.8, 4) is 5.75 Å². The topological polar surface area (TPSA) is 57.2 Å². The van der Waals surface area contributed by atoms with Gasteiger partial charge in [0.05, 0.1) is 0 Å². The van der Waals surface area contributed by atoms with Crippen LogP contribution in [0.1, 0.15) is 16.7 Å². The molecule has 0 bridgehead atoms. The second-order valence-electron chi connectivity index (χ2n) is 7.07. The van der Waals surface area contributed by atoms with E-state index in [1.165, 1.54) is 16.0 Å². The molecular formula is C22H29IN4O2. The number of likely N-dealkylation sites (N-methyl/N-ethyl adjacent to an activating group) is 1. The minimum absolute atomic E-state index is 0. The molecular weight excluding hydrogens is 479 g/mol. The molecule has 156 valence electrons. The third kappa shape index (κ3) is 6.35. The van der Waals surface area contributed by atoms with Crippen LogP contribution in [0.3, 0.4) is 0 Å². The maximum absolute atomic E-state index is 11.7. The van der Waals surface area contributed by atoms with E-state index in [1.54, 1.807) is 14.1 Å². The van der Waals surface area contributed by atoms with E-state index in [0.29, 0.717) is 12.3 Å². The molecule has 0 spiro atoms. The summed E-state index contributed by atoms with van der Waals surface area (Å²) in [5.74, 6) is 1.52. The van der Waals surface area contributed by atoms with Crippen LogP contribution in [-0.2, 0) is 24.3 Å². The molecule has 7 heteroatoms. The van der Waals surface area contributed by atoms with Gasteiger partial charge in [0, 0.05) is 40.8 Å². The van der Waals surface area contributed by atoms with E-state index in [9.17, 15) is 4.79 Å². The van der Waals surface area contributed by atoms with Crippen LogP contribution in [0.4, 0.5) is 0 Å². The fourth-order valence-electron chi connectivity index (χ4n) is 3.21. The Bertz CT molecular complexity index is 854. The average Bonchev–Trinajstić information content (AvgIpc) is 2.72. The number of rotatable bonds is 5. The van der Waals surface area contributed by atoms with Crippen LogP contribution >= 0.6 is 24.0 Å². The normalized spacial score (nSPS) is 13.2. The predicted molar refractivity (Wildman–Crippen MR) is 127 cm³/mol. The highest BCUT2D eigenvalue weighted by Gasteiger charge is 2.18. The molecule has 6 nitrogen and oxygen atoms in total. The summed E-state index contributed by atoms with van der Waals surface area (Å²) in [6.45, 7) is 2.50. The summed E-state index contributed by atoms with van der Waals surface area (Å²) >= 11 is 0. The molecule has 1 heterocycles. The molecule has 0 radical (unpaired) electrons. The number of guanidine groups is 1. The lowest BCUT2D eigenvalue weighted by atomic mass is 10.0. The first kappa shape index (κ1) is 23.0. The van der Waals surface area contributed by atoms with Crippen LogP contribution < -0.4 is 10.1 Å². The lowest BCUT2D eigenvalue weighted by molar-refractivity contribution is -0.130. The molecule has 0 fully saturated rings. The van der Waals surface area contributed by atoms with Gasteiger partial charge in [0.1, 0.15) is 5.75 Å². The highest BCUT2D eigenvalue weighted by Crippen LogP contribution is 2.19. The number of ether oxygens (including phenoxy) is 1. The summed E-state index contributed by atoms with van der Waals surface area (Å²) in [5.41, 5.74) is 3.86. The summed E-state index contributed by atoms with van der Waals surface area (Å²) in [4.78, 5) is 19.9. The third-order valence-corrected chi connectivity index (χ3v) is 4.85. The van der Waals surface area contributed by atoms with Crippen molar-refractivity contribution in [2.45, 2.75) is 19.5 Å². The number of halogens is 1. The first-order valence-electron chi connectivity index (χ1n) is 9.51. The fraction of sp³-hybridized carbons (Fsp3) is 0.364. The van der Waals surface area contributed by atoms with E-state index in [0.717, 1.165) is 31.0 Å². The highest BCUT2D eigenvalue weighted by atomic mass is 127. The molecule has 1 N–H and O–H groups in total. The van der Waals surface area contributed by atoms with Gasteiger partial charge < -0.3 is 19.9 Å². The molecule has 0 unspecified atom stereocenters. The molecule has 0 aliphatic carbocycles. The zero-order chi connectivity index (χ0) is 19.9. The van der Waals surface area contributed by atoms with E-state index in [-0.39, 0.29) is 36.5 Å². The number of nitrogens with zero attached hydrogens (tertiary/aromatic N) is 3. The molecule has 3 rings (SSSR count). The van der Waals surface area contributed by atoms with Crippen molar-refractivity contribution in [2.24, 2.45) is 4.99 Å². The molecule has 2 aromatic carbocycles. The molecule has 1 aliphatic rings. The van der Waals surface area contributed by atoms with Crippen molar-refractivity contribution in [1.82, 2.24) is 15.1 Å². The van der Waals surface area contributed by atoms with Gasteiger partial charge in [0.15, 0.2) is 12.6 Å². The van der Waals surface area contributed by atoms with E-state index in [4.69, 9.17) is 4.74 Å². The Labute approximate surface area is 190 Å². The fourth-order valence-corrected chi connectivity index (χ4v) is 3.21. The van der Waals surface area contributed by atoms with Crippen LogP contribution in [0, 0.1) is 0 Å². The van der Waals surface area contributed by atoms with Crippen molar-refractivity contribution in [1.29, 1.82) is 0 Å². The van der Waals surface area contributed by atoms with Crippen LogP contribution in [0.2, 0.25) is 0 Å². The number of nitrogens with one attached hydrogen (secondary N) is 1. The predicted octanol–water partition coefficient (Wildman–Crippen LogP) is 2.91. The van der Waals surface area contributed by atoms with Gasteiger partial charge in [0.2, 0.25) is 0 Å². The first-order chi connectivity index (χ1) is 13.6. The Morgan fingerprint density at radius 3 is 2.66 bits per heavy atom. The molecule has 0 saturated heterocycles. The Morgan fingerprint density at radius 2 is 1.93 bits per heavy atom. The number of hydrogen-bond acceptors (Lipinski definition) is 3. The summed E-state index contributed by atoms with van der Waals surface area (Å²) in [6, 6.07) is 16.4. The van der Waals surface area contributed by atoms with Gasteiger partial charge in [0.25, 0.3) is 5.91 Å². The van der Waals surface area contributed by atoms with Gasteiger partial charge in [-0.15, -0.1) is 24.0 Å². The quantitative estimate of drug-likeness (QED) is 0.384. The van der Waals surface area contributed by atoms with Gasteiger partial charge in [-0.2, -0.15) is 0 Å². The largest absolute Gasteiger partial charge is 0.484 e. The van der Waals surface area contributed by atoms with Crippen LogP contribution in [0.5, 0.6) is 5.75 Å². The average molecular weight is 508 g/mol. The van der Waals surface area contributed by atoms with Crippen LogP contribution in [-0.4, -0.2) is 56.0 Å². The Kier molecular flexibility index (Phi) is 8.75. The molecule has 29 heavy (non-hydrogen) atoms. The SMILES string of the molecule is CN=C(NCc1cccc(OCC(=O)N(C)C)c1)N1CCc2ccccc2C1.I. The second-order valence-corrected chi connectivity index (χ2v) is 7.07. The highest BCUT2D eigenvalue weighted by molar-refractivity contribution is 14.0. The molecule has 1 aliphatic heterocycles. The number of carbonyl (C=O) groups excluding carboxylic acids is 1. The maximum Gasteiger partial charge on any atom is 0.259 e. The summed E-state index contributed by atoms with van der Waals surface area (Å²) in [7, 11) is 5.25. The monoisotopic (exact) mass is 508 g/mol. The Balaban J connectivity index is 0.00000300. The smallest absolute Gasteiger partial charge is 0.259 e. The minimum atomic E-state index is -0.0608. The maximum atomic E-state index is 11.7. The number of carbonyl (C=O) groups is 1. The molecule has 1 amide bonds. The van der Waals surface area contributed by atoms with Crippen molar-refractivity contribution >= 4 is 35.8 Å². The van der Waals surface area contributed by atoms with Crippen molar-refractivity contribution in [3.63, 3.8) is 0 Å². The second kappa shape index (κ2) is 11.0. The van der Waals surface area contributed by atoms with Crippen molar-refractivity contribution in [3.05, 3.63) is 65.2 Å². The zero-order valence-electron chi connectivity index (χ0n) is 17.2. The molecule has 0 atom stereocenters. The van der Waals surface area contributed by atoms with E-state index in [2.05, 4.69) is 39.5 Å². The van der Waals surface area contributed by atoms with E-state index >= 15 is 0 Å².